The van der Waals surface area contributed by atoms with Gasteiger partial charge in [-0.25, -0.2) is 4.98 Å². The smallest absolute Gasteiger partial charge is 0.270 e. The first kappa shape index (κ1) is 19.9. The van der Waals surface area contributed by atoms with Crippen LogP contribution in [0.1, 0.15) is 22.3 Å². The van der Waals surface area contributed by atoms with Gasteiger partial charge >= 0.3 is 0 Å². The molecule has 146 valence electrons. The largest absolute Gasteiger partial charge is 0.340 e. The van der Waals surface area contributed by atoms with Crippen LogP contribution in [0, 0.1) is 17.0 Å². The van der Waals surface area contributed by atoms with Crippen LogP contribution in [0.5, 0.6) is 0 Å². The van der Waals surface area contributed by atoms with Gasteiger partial charge in [-0.3, -0.25) is 19.8 Å². The minimum absolute atomic E-state index is 0.0940. The van der Waals surface area contributed by atoms with Gasteiger partial charge in [-0.1, -0.05) is 23.5 Å². The summed E-state index contributed by atoms with van der Waals surface area (Å²) >= 11 is 1.47. The molecule has 0 fully saturated rings. The topological polar surface area (TPSA) is 80.8 Å². The summed E-state index contributed by atoms with van der Waals surface area (Å²) in [5, 5.41) is 11.7. The van der Waals surface area contributed by atoms with Gasteiger partial charge in [-0.2, -0.15) is 0 Å². The molecular formula is C20H23N4O3S+. The molecule has 8 heteroatoms. The zero-order chi connectivity index (χ0) is 20.3. The second kappa shape index (κ2) is 8.45. The van der Waals surface area contributed by atoms with Gasteiger partial charge in [-0.05, 0) is 30.7 Å². The molecule has 0 spiro atoms. The zero-order valence-corrected chi connectivity index (χ0v) is 17.0. The molecule has 0 radical (unpaired) electrons. The lowest BCUT2D eigenvalue weighted by Crippen LogP contribution is -3.05. The molecule has 7 nitrogen and oxygen atoms in total. The molecule has 0 aliphatic rings. The number of aromatic nitrogens is 1. The second-order valence-electron chi connectivity index (χ2n) is 7.04. The molecule has 0 saturated carbocycles. The van der Waals surface area contributed by atoms with Gasteiger partial charge in [0.25, 0.3) is 11.6 Å². The maximum Gasteiger partial charge on any atom is 0.270 e. The third kappa shape index (κ3) is 4.52. The molecule has 3 aromatic rings. The number of fused-ring (bicyclic) bond motifs is 1. The number of benzene rings is 2. The predicted molar refractivity (Wildman–Crippen MR) is 111 cm³/mol. The van der Waals surface area contributed by atoms with E-state index in [1.54, 1.807) is 11.0 Å². The molecule has 0 unspecified atom stereocenters. The van der Waals surface area contributed by atoms with Gasteiger partial charge in [0.2, 0.25) is 0 Å². The van der Waals surface area contributed by atoms with Crippen LogP contribution in [0.2, 0.25) is 0 Å². The van der Waals surface area contributed by atoms with Crippen LogP contribution in [-0.2, 0) is 0 Å². The van der Waals surface area contributed by atoms with Crippen molar-refractivity contribution < 1.29 is 14.6 Å². The SMILES string of the molecule is Cc1ccc2nc(N(CCC[NH+](C)C)C(=O)c3cccc([N+](=O)[O-])c3)sc2c1. The van der Waals surface area contributed by atoms with Gasteiger partial charge in [0, 0.05) is 30.7 Å². The van der Waals surface area contributed by atoms with Crippen LogP contribution in [-0.4, -0.2) is 43.0 Å². The Kier molecular flexibility index (Phi) is 6.01. The van der Waals surface area contributed by atoms with E-state index < -0.39 is 4.92 Å². The number of hydrogen-bond donors (Lipinski definition) is 1. The fraction of sp³-hybridized carbons (Fsp3) is 0.300. The summed E-state index contributed by atoms with van der Waals surface area (Å²) in [6, 6.07) is 11.8. The number of non-ortho nitro benzene ring substituents is 1. The number of thiazole rings is 1. The number of nitrogens with zero attached hydrogens (tertiary/aromatic N) is 3. The molecule has 1 N–H and O–H groups in total. The quantitative estimate of drug-likeness (QED) is 0.489. The van der Waals surface area contributed by atoms with E-state index in [1.165, 1.54) is 34.4 Å². The van der Waals surface area contributed by atoms with E-state index in [9.17, 15) is 14.9 Å². The molecule has 1 aromatic heterocycles. The number of amides is 1. The molecule has 0 bridgehead atoms. The minimum Gasteiger partial charge on any atom is -0.340 e. The van der Waals surface area contributed by atoms with Crippen LogP contribution in [0.15, 0.2) is 42.5 Å². The van der Waals surface area contributed by atoms with E-state index in [-0.39, 0.29) is 11.6 Å². The van der Waals surface area contributed by atoms with E-state index in [4.69, 9.17) is 0 Å². The van der Waals surface area contributed by atoms with E-state index >= 15 is 0 Å². The molecule has 0 aliphatic carbocycles. The molecule has 0 saturated heterocycles. The highest BCUT2D eigenvalue weighted by Crippen LogP contribution is 2.30. The van der Waals surface area contributed by atoms with Crippen molar-refractivity contribution in [2.75, 3.05) is 32.1 Å². The Bertz CT molecular complexity index is 1020. The Morgan fingerprint density at radius 1 is 1.25 bits per heavy atom. The van der Waals surface area contributed by atoms with E-state index in [0.29, 0.717) is 17.2 Å². The molecule has 0 atom stereocenters. The Balaban J connectivity index is 1.96. The van der Waals surface area contributed by atoms with Gasteiger partial charge < -0.3 is 4.90 Å². The van der Waals surface area contributed by atoms with Crippen LogP contribution < -0.4 is 9.80 Å². The van der Waals surface area contributed by atoms with Crippen molar-refractivity contribution in [3.05, 3.63) is 63.7 Å². The molecule has 1 amide bonds. The van der Waals surface area contributed by atoms with Gasteiger partial charge in [0.1, 0.15) is 0 Å². The lowest BCUT2D eigenvalue weighted by atomic mass is 10.1. The van der Waals surface area contributed by atoms with Crippen molar-refractivity contribution in [3.8, 4) is 0 Å². The Hall–Kier alpha value is -2.84. The summed E-state index contributed by atoms with van der Waals surface area (Å²) in [6.45, 7) is 3.43. The zero-order valence-electron chi connectivity index (χ0n) is 16.1. The maximum absolute atomic E-state index is 13.2. The fourth-order valence-corrected chi connectivity index (χ4v) is 4.01. The first-order valence-corrected chi connectivity index (χ1v) is 9.89. The predicted octanol–water partition coefficient (Wildman–Crippen LogP) is 2.69. The van der Waals surface area contributed by atoms with Gasteiger partial charge in [0.05, 0.1) is 35.8 Å². The molecule has 3 rings (SSSR count). The highest BCUT2D eigenvalue weighted by atomic mass is 32.1. The third-order valence-corrected chi connectivity index (χ3v) is 5.41. The van der Waals surface area contributed by atoms with Crippen molar-refractivity contribution in [3.63, 3.8) is 0 Å². The number of quaternary nitrogens is 1. The van der Waals surface area contributed by atoms with E-state index in [2.05, 4.69) is 25.1 Å². The van der Waals surface area contributed by atoms with Crippen molar-refractivity contribution in [1.29, 1.82) is 0 Å². The minimum atomic E-state index is -0.489. The van der Waals surface area contributed by atoms with Crippen LogP contribution in [0.3, 0.4) is 0 Å². The van der Waals surface area contributed by atoms with E-state index in [0.717, 1.165) is 28.7 Å². The number of anilines is 1. The van der Waals surface area contributed by atoms with Gasteiger partial charge in [-0.15, -0.1) is 0 Å². The summed E-state index contributed by atoms with van der Waals surface area (Å²) in [6.07, 6.45) is 0.804. The van der Waals surface area contributed by atoms with Crippen molar-refractivity contribution in [2.45, 2.75) is 13.3 Å². The number of hydrogen-bond acceptors (Lipinski definition) is 5. The van der Waals surface area contributed by atoms with Crippen molar-refractivity contribution in [1.82, 2.24) is 4.98 Å². The number of rotatable bonds is 7. The molecule has 28 heavy (non-hydrogen) atoms. The number of carbonyl (C=O) groups excluding carboxylic acids is 1. The summed E-state index contributed by atoms with van der Waals surface area (Å²) in [7, 11) is 4.13. The first-order chi connectivity index (χ1) is 13.3. The highest BCUT2D eigenvalue weighted by molar-refractivity contribution is 7.22. The Labute approximate surface area is 167 Å². The normalized spacial score (nSPS) is 11.1. The molecule has 2 aromatic carbocycles. The maximum atomic E-state index is 13.2. The second-order valence-corrected chi connectivity index (χ2v) is 8.05. The molecule has 0 aliphatic heterocycles. The Morgan fingerprint density at radius 3 is 2.75 bits per heavy atom. The molecule has 1 heterocycles. The van der Waals surface area contributed by atoms with E-state index in [1.807, 2.05) is 19.1 Å². The summed E-state index contributed by atoms with van der Waals surface area (Å²) < 4.78 is 1.02. The number of aryl methyl sites for hydroxylation is 1. The lowest BCUT2D eigenvalue weighted by molar-refractivity contribution is -0.858. The third-order valence-electron chi connectivity index (χ3n) is 4.37. The summed E-state index contributed by atoms with van der Waals surface area (Å²) in [5.74, 6) is -0.270. The number of nitro groups is 1. The standard InChI is InChI=1S/C20H22N4O3S/c1-14-8-9-17-18(12-14)28-20(21-17)23(11-5-10-22(2)3)19(25)15-6-4-7-16(13-15)24(26)27/h4,6-9,12-13H,5,10-11H2,1-3H3/p+1. The number of nitro benzene ring substituents is 1. The van der Waals surface area contributed by atoms with Gasteiger partial charge in [0.15, 0.2) is 5.13 Å². The first-order valence-electron chi connectivity index (χ1n) is 9.07. The van der Waals surface area contributed by atoms with Crippen molar-refractivity contribution >= 4 is 38.3 Å². The number of nitrogens with one attached hydrogen (secondary N) is 1. The average molecular weight is 399 g/mol. The Morgan fingerprint density at radius 2 is 2.04 bits per heavy atom. The monoisotopic (exact) mass is 399 g/mol. The average Bonchev–Trinajstić information content (AvgIpc) is 3.07. The summed E-state index contributed by atoms with van der Waals surface area (Å²) in [4.78, 5) is 31.4. The van der Waals surface area contributed by atoms with Crippen LogP contribution in [0.4, 0.5) is 10.8 Å². The molecular weight excluding hydrogens is 376 g/mol. The van der Waals surface area contributed by atoms with Crippen LogP contribution >= 0.6 is 11.3 Å². The number of carbonyl (C=O) groups is 1. The summed E-state index contributed by atoms with van der Waals surface area (Å²) in [5.41, 5.74) is 2.18. The highest BCUT2D eigenvalue weighted by Gasteiger charge is 2.23. The fourth-order valence-electron chi connectivity index (χ4n) is 2.92. The lowest BCUT2D eigenvalue weighted by Gasteiger charge is -2.20. The van der Waals surface area contributed by atoms with Crippen molar-refractivity contribution in [2.24, 2.45) is 0 Å². The van der Waals surface area contributed by atoms with Crippen LogP contribution in [0.25, 0.3) is 10.2 Å².